The largest absolute Gasteiger partial charge is 0.508 e. The Kier molecular flexibility index (Phi) is 3.19. The van der Waals surface area contributed by atoms with Crippen LogP contribution in [-0.2, 0) is 0 Å². The number of carbonyl (C=O) groups is 1. The number of hydrogen-bond donors (Lipinski definition) is 2. The average Bonchev–Trinajstić information content (AvgIpc) is 2.27. The van der Waals surface area contributed by atoms with Crippen LogP contribution >= 0.6 is 0 Å². The third-order valence-corrected chi connectivity index (χ3v) is 2.42. The summed E-state index contributed by atoms with van der Waals surface area (Å²) in [5.74, 6) is 0.389. The maximum Gasteiger partial charge on any atom is 0.252 e. The Labute approximate surface area is 105 Å². The molecule has 0 aromatic heterocycles. The second-order valence-electron chi connectivity index (χ2n) is 3.97. The van der Waals surface area contributed by atoms with Crippen LogP contribution in [0.5, 0.6) is 17.2 Å². The predicted molar refractivity (Wildman–Crippen MR) is 67.9 cm³/mol. The number of carbonyl (C=O) groups excluding carboxylic acids is 1. The van der Waals surface area contributed by atoms with Crippen molar-refractivity contribution in [1.82, 2.24) is 0 Å². The van der Waals surface area contributed by atoms with Crippen LogP contribution in [0, 0.1) is 6.92 Å². The van der Waals surface area contributed by atoms with E-state index < -0.39 is 5.91 Å². The quantitative estimate of drug-likeness (QED) is 0.870. The number of rotatable bonds is 3. The van der Waals surface area contributed by atoms with E-state index >= 15 is 0 Å². The van der Waals surface area contributed by atoms with Crippen molar-refractivity contribution in [2.24, 2.45) is 5.73 Å². The third-order valence-electron chi connectivity index (χ3n) is 2.42. The molecule has 1 amide bonds. The fourth-order valence-electron chi connectivity index (χ4n) is 1.67. The van der Waals surface area contributed by atoms with Crippen LogP contribution in [0.15, 0.2) is 42.5 Å². The topological polar surface area (TPSA) is 72.6 Å². The first-order valence-electron chi connectivity index (χ1n) is 5.43. The van der Waals surface area contributed by atoms with Crippen molar-refractivity contribution < 1.29 is 14.6 Å². The standard InChI is InChI=1S/C14H13NO3/c1-9-6-10(16)8-11(7-9)18-13-5-3-2-4-12(13)14(15)17/h2-8,16H,1H3,(H2,15,17). The van der Waals surface area contributed by atoms with Gasteiger partial charge >= 0.3 is 0 Å². The van der Waals surface area contributed by atoms with Crippen molar-refractivity contribution in [3.63, 3.8) is 0 Å². The molecule has 0 fully saturated rings. The van der Waals surface area contributed by atoms with Gasteiger partial charge in [0.25, 0.3) is 5.91 Å². The highest BCUT2D eigenvalue weighted by Gasteiger charge is 2.09. The molecule has 2 rings (SSSR count). The summed E-state index contributed by atoms with van der Waals surface area (Å²) in [6.45, 7) is 1.84. The molecule has 0 spiro atoms. The van der Waals surface area contributed by atoms with E-state index in [0.717, 1.165) is 5.56 Å². The third kappa shape index (κ3) is 2.60. The highest BCUT2D eigenvalue weighted by atomic mass is 16.5. The Bertz CT molecular complexity index is 573. The van der Waals surface area contributed by atoms with E-state index in [1.165, 1.54) is 6.07 Å². The van der Waals surface area contributed by atoms with Crippen molar-refractivity contribution in [1.29, 1.82) is 0 Å². The minimum absolute atomic E-state index is 0.113. The minimum atomic E-state index is -0.553. The fourth-order valence-corrected chi connectivity index (χ4v) is 1.67. The predicted octanol–water partition coefficient (Wildman–Crippen LogP) is 2.59. The molecule has 2 aromatic carbocycles. The molecule has 4 nitrogen and oxygen atoms in total. The summed E-state index contributed by atoms with van der Waals surface area (Å²) in [4.78, 5) is 11.2. The van der Waals surface area contributed by atoms with Crippen LogP contribution in [0.2, 0.25) is 0 Å². The van der Waals surface area contributed by atoms with E-state index in [1.54, 1.807) is 36.4 Å². The summed E-state index contributed by atoms with van der Waals surface area (Å²) in [5.41, 5.74) is 6.43. The zero-order chi connectivity index (χ0) is 13.1. The van der Waals surface area contributed by atoms with Gasteiger partial charge in [-0.05, 0) is 36.8 Å². The second kappa shape index (κ2) is 4.79. The zero-order valence-corrected chi connectivity index (χ0v) is 9.88. The molecule has 0 unspecified atom stereocenters. The number of ether oxygens (including phenoxy) is 1. The van der Waals surface area contributed by atoms with Crippen molar-refractivity contribution >= 4 is 5.91 Å². The number of nitrogens with two attached hydrogens (primary N) is 1. The number of aromatic hydroxyl groups is 1. The van der Waals surface area contributed by atoms with Gasteiger partial charge in [0.2, 0.25) is 0 Å². The number of amides is 1. The van der Waals surface area contributed by atoms with Gasteiger partial charge in [0.15, 0.2) is 0 Å². The molecule has 0 aliphatic rings. The van der Waals surface area contributed by atoms with Crippen LogP contribution in [-0.4, -0.2) is 11.0 Å². The van der Waals surface area contributed by atoms with E-state index in [9.17, 15) is 9.90 Å². The number of phenolic OH excluding ortho intramolecular Hbond substituents is 1. The first-order valence-corrected chi connectivity index (χ1v) is 5.43. The van der Waals surface area contributed by atoms with E-state index in [1.807, 2.05) is 6.92 Å². The molecule has 3 N–H and O–H groups in total. The van der Waals surface area contributed by atoms with Gasteiger partial charge in [0.05, 0.1) is 5.56 Å². The average molecular weight is 243 g/mol. The number of hydrogen-bond acceptors (Lipinski definition) is 3. The molecule has 0 radical (unpaired) electrons. The lowest BCUT2D eigenvalue weighted by Gasteiger charge is -2.09. The lowest BCUT2D eigenvalue weighted by atomic mass is 10.2. The first-order chi connectivity index (χ1) is 8.56. The SMILES string of the molecule is Cc1cc(O)cc(Oc2ccccc2C(N)=O)c1. The van der Waals surface area contributed by atoms with Crippen molar-refractivity contribution in [3.8, 4) is 17.2 Å². The smallest absolute Gasteiger partial charge is 0.252 e. The van der Waals surface area contributed by atoms with Crippen molar-refractivity contribution in [2.45, 2.75) is 6.92 Å². The van der Waals surface area contributed by atoms with Crippen molar-refractivity contribution in [2.75, 3.05) is 0 Å². The molecule has 0 saturated carbocycles. The van der Waals surface area contributed by atoms with E-state index in [0.29, 0.717) is 17.1 Å². The lowest BCUT2D eigenvalue weighted by Crippen LogP contribution is -2.11. The van der Waals surface area contributed by atoms with Gasteiger partial charge < -0.3 is 15.6 Å². The summed E-state index contributed by atoms with van der Waals surface area (Å²) in [5, 5.41) is 9.48. The number of aryl methyl sites for hydroxylation is 1. The number of benzene rings is 2. The molecule has 4 heteroatoms. The Morgan fingerprint density at radius 3 is 2.61 bits per heavy atom. The molecule has 2 aromatic rings. The molecule has 0 aliphatic carbocycles. The van der Waals surface area contributed by atoms with Crippen LogP contribution < -0.4 is 10.5 Å². The maximum absolute atomic E-state index is 11.2. The lowest BCUT2D eigenvalue weighted by molar-refractivity contribution is 0.0998. The monoisotopic (exact) mass is 243 g/mol. The summed E-state index contributed by atoms with van der Waals surface area (Å²) >= 11 is 0. The number of primary amides is 1. The van der Waals surface area contributed by atoms with Gasteiger partial charge in [-0.15, -0.1) is 0 Å². The number of para-hydroxylation sites is 1. The highest BCUT2D eigenvalue weighted by Crippen LogP contribution is 2.28. The summed E-state index contributed by atoms with van der Waals surface area (Å²) in [7, 11) is 0. The number of phenols is 1. The van der Waals surface area contributed by atoms with Crippen LogP contribution in [0.1, 0.15) is 15.9 Å². The molecule has 0 saturated heterocycles. The molecule has 0 heterocycles. The Morgan fingerprint density at radius 1 is 1.22 bits per heavy atom. The molecular formula is C14H13NO3. The summed E-state index contributed by atoms with van der Waals surface area (Å²) in [6.07, 6.45) is 0. The maximum atomic E-state index is 11.2. The molecule has 18 heavy (non-hydrogen) atoms. The second-order valence-corrected chi connectivity index (χ2v) is 3.97. The zero-order valence-electron chi connectivity index (χ0n) is 9.88. The Morgan fingerprint density at radius 2 is 1.94 bits per heavy atom. The van der Waals surface area contributed by atoms with Crippen molar-refractivity contribution in [3.05, 3.63) is 53.6 Å². The molecule has 0 bridgehead atoms. The van der Waals surface area contributed by atoms with Crippen LogP contribution in [0.4, 0.5) is 0 Å². The van der Waals surface area contributed by atoms with Gasteiger partial charge in [-0.2, -0.15) is 0 Å². The van der Waals surface area contributed by atoms with Crippen LogP contribution in [0.3, 0.4) is 0 Å². The van der Waals surface area contributed by atoms with Gasteiger partial charge in [0, 0.05) is 6.07 Å². The summed E-state index contributed by atoms with van der Waals surface area (Å²) < 4.78 is 5.57. The normalized spacial score (nSPS) is 10.1. The minimum Gasteiger partial charge on any atom is -0.508 e. The van der Waals surface area contributed by atoms with Gasteiger partial charge in [0.1, 0.15) is 17.2 Å². The Hall–Kier alpha value is -2.49. The first kappa shape index (κ1) is 12.0. The van der Waals surface area contributed by atoms with Gasteiger partial charge in [-0.25, -0.2) is 0 Å². The molecule has 0 aliphatic heterocycles. The molecule has 0 atom stereocenters. The van der Waals surface area contributed by atoms with E-state index in [2.05, 4.69) is 0 Å². The van der Waals surface area contributed by atoms with Gasteiger partial charge in [-0.1, -0.05) is 12.1 Å². The van der Waals surface area contributed by atoms with E-state index in [-0.39, 0.29) is 5.75 Å². The van der Waals surface area contributed by atoms with Gasteiger partial charge in [-0.3, -0.25) is 4.79 Å². The van der Waals surface area contributed by atoms with E-state index in [4.69, 9.17) is 10.5 Å². The summed E-state index contributed by atoms with van der Waals surface area (Å²) in [6, 6.07) is 11.6. The Balaban J connectivity index is 2.37. The fraction of sp³-hybridized carbons (Fsp3) is 0.0714. The molecular weight excluding hydrogens is 230 g/mol. The highest BCUT2D eigenvalue weighted by molar-refractivity contribution is 5.95. The molecule has 92 valence electrons. The van der Waals surface area contributed by atoms with Crippen LogP contribution in [0.25, 0.3) is 0 Å².